The van der Waals surface area contributed by atoms with E-state index < -0.39 is 11.5 Å². The molecular weight excluding hydrogens is 394 g/mol. The number of halogens is 1. The lowest BCUT2D eigenvalue weighted by molar-refractivity contribution is 0.0760. The number of aryl methyl sites for hydroxylation is 1. The highest BCUT2D eigenvalue weighted by Gasteiger charge is 2.21. The number of nitrogens with zero attached hydrogens (tertiary/aromatic N) is 2. The first-order valence-corrected chi connectivity index (χ1v) is 9.93. The number of ether oxygens (including phenoxy) is 1. The van der Waals surface area contributed by atoms with Crippen molar-refractivity contribution < 1.29 is 14.3 Å². The number of methoxy groups -OCH3 is 1. The first kappa shape index (κ1) is 20.9. The van der Waals surface area contributed by atoms with E-state index in [4.69, 9.17) is 16.3 Å². The van der Waals surface area contributed by atoms with Crippen LogP contribution in [0.15, 0.2) is 35.3 Å². The Morgan fingerprint density at radius 2 is 1.79 bits per heavy atom. The molecule has 7 nitrogen and oxygen atoms in total. The number of hydrogen-bond acceptors (Lipinski definition) is 4. The van der Waals surface area contributed by atoms with Crippen LogP contribution in [0.1, 0.15) is 46.4 Å². The van der Waals surface area contributed by atoms with E-state index in [0.29, 0.717) is 29.4 Å². The van der Waals surface area contributed by atoms with Gasteiger partial charge in [-0.1, -0.05) is 24.4 Å². The minimum Gasteiger partial charge on any atom is -0.496 e. The van der Waals surface area contributed by atoms with E-state index in [0.717, 1.165) is 25.7 Å². The van der Waals surface area contributed by atoms with Gasteiger partial charge in [0, 0.05) is 31.4 Å². The van der Waals surface area contributed by atoms with Crippen molar-refractivity contribution in [3.8, 4) is 5.75 Å². The van der Waals surface area contributed by atoms with E-state index >= 15 is 0 Å². The predicted octanol–water partition coefficient (Wildman–Crippen LogP) is 3.32. The van der Waals surface area contributed by atoms with Crippen LogP contribution in [0.3, 0.4) is 0 Å². The minimum atomic E-state index is -0.541. The Labute approximate surface area is 174 Å². The van der Waals surface area contributed by atoms with Crippen LogP contribution in [0, 0.1) is 0 Å². The number of anilines is 1. The van der Waals surface area contributed by atoms with Crippen molar-refractivity contribution in [2.75, 3.05) is 25.5 Å². The van der Waals surface area contributed by atoms with Crippen molar-refractivity contribution in [3.05, 3.63) is 57.0 Å². The molecule has 0 spiro atoms. The highest BCUT2D eigenvalue weighted by atomic mass is 35.5. The molecule has 3 rings (SSSR count). The molecule has 29 heavy (non-hydrogen) atoms. The molecular formula is C21H24ClN3O4. The van der Waals surface area contributed by atoms with Gasteiger partial charge < -0.3 is 19.5 Å². The Morgan fingerprint density at radius 3 is 2.45 bits per heavy atom. The summed E-state index contributed by atoms with van der Waals surface area (Å²) in [7, 11) is 3.00. The maximum atomic E-state index is 12.9. The van der Waals surface area contributed by atoms with E-state index in [9.17, 15) is 14.4 Å². The zero-order valence-electron chi connectivity index (χ0n) is 16.5. The maximum absolute atomic E-state index is 12.9. The largest absolute Gasteiger partial charge is 0.496 e. The second-order valence-corrected chi connectivity index (χ2v) is 7.50. The summed E-state index contributed by atoms with van der Waals surface area (Å²) in [5.41, 5.74) is 0.181. The minimum absolute atomic E-state index is 0.0280. The quantitative estimate of drug-likeness (QED) is 0.827. The average Bonchev–Trinajstić information content (AvgIpc) is 3.00. The summed E-state index contributed by atoms with van der Waals surface area (Å²) in [5.74, 6) is -0.348. The molecule has 1 aromatic carbocycles. The molecule has 0 atom stereocenters. The van der Waals surface area contributed by atoms with Gasteiger partial charge in [0.1, 0.15) is 11.4 Å². The Morgan fingerprint density at radius 1 is 1.10 bits per heavy atom. The van der Waals surface area contributed by atoms with Crippen molar-refractivity contribution in [2.45, 2.75) is 25.7 Å². The van der Waals surface area contributed by atoms with Crippen molar-refractivity contribution >= 4 is 29.1 Å². The molecule has 1 fully saturated rings. The molecule has 8 heteroatoms. The van der Waals surface area contributed by atoms with Crippen LogP contribution in [-0.2, 0) is 7.05 Å². The van der Waals surface area contributed by atoms with Gasteiger partial charge in [0.2, 0.25) is 0 Å². The fraction of sp³-hybridized carbons (Fsp3) is 0.381. The Hall–Kier alpha value is -2.80. The molecule has 0 radical (unpaired) electrons. The number of carbonyl (C=O) groups excluding carboxylic acids is 2. The molecule has 154 valence electrons. The third-order valence-electron chi connectivity index (χ3n) is 4.98. The molecule has 2 heterocycles. The molecule has 2 aromatic rings. The second kappa shape index (κ2) is 9.13. The number of benzene rings is 1. The van der Waals surface area contributed by atoms with Gasteiger partial charge in [-0.15, -0.1) is 0 Å². The summed E-state index contributed by atoms with van der Waals surface area (Å²) in [6.07, 6.45) is 5.66. The summed E-state index contributed by atoms with van der Waals surface area (Å²) in [4.78, 5) is 40.0. The number of carbonyl (C=O) groups is 2. The highest BCUT2D eigenvalue weighted by Crippen LogP contribution is 2.23. The SMILES string of the molecule is COc1ccc(Cl)cc1C(=O)Nc1cc(C(=O)N2CCCCCC2)cn(C)c1=O. The van der Waals surface area contributed by atoms with Gasteiger partial charge >= 0.3 is 0 Å². The first-order chi connectivity index (χ1) is 13.9. The number of nitrogens with one attached hydrogen (secondary N) is 1. The lowest BCUT2D eigenvalue weighted by Crippen LogP contribution is -2.33. The average molecular weight is 418 g/mol. The molecule has 0 bridgehead atoms. The number of likely N-dealkylation sites (tertiary alicyclic amines) is 1. The molecule has 1 aliphatic rings. The normalized spacial score (nSPS) is 14.2. The lowest BCUT2D eigenvalue weighted by Gasteiger charge is -2.21. The molecule has 1 aliphatic heterocycles. The summed E-state index contributed by atoms with van der Waals surface area (Å²) < 4.78 is 6.50. The highest BCUT2D eigenvalue weighted by molar-refractivity contribution is 6.31. The van der Waals surface area contributed by atoms with E-state index in [1.807, 2.05) is 0 Å². The number of pyridine rings is 1. The smallest absolute Gasteiger partial charge is 0.274 e. The van der Waals surface area contributed by atoms with E-state index in [2.05, 4.69) is 5.32 Å². The van der Waals surface area contributed by atoms with E-state index in [1.165, 1.54) is 30.0 Å². The third-order valence-corrected chi connectivity index (χ3v) is 5.21. The van der Waals surface area contributed by atoms with Crippen LogP contribution < -0.4 is 15.6 Å². The molecule has 1 saturated heterocycles. The van der Waals surface area contributed by atoms with Gasteiger partial charge in [-0.2, -0.15) is 0 Å². The molecule has 1 N–H and O–H groups in total. The van der Waals surface area contributed by atoms with Crippen molar-refractivity contribution in [1.29, 1.82) is 0 Å². The van der Waals surface area contributed by atoms with Gasteiger partial charge in [-0.05, 0) is 37.1 Å². The molecule has 0 saturated carbocycles. The van der Waals surface area contributed by atoms with Gasteiger partial charge in [0.15, 0.2) is 0 Å². The van der Waals surface area contributed by atoms with Crippen LogP contribution in [0.4, 0.5) is 5.69 Å². The Kier molecular flexibility index (Phi) is 6.59. The predicted molar refractivity (Wildman–Crippen MR) is 112 cm³/mol. The van der Waals surface area contributed by atoms with Gasteiger partial charge in [-0.25, -0.2) is 0 Å². The zero-order chi connectivity index (χ0) is 21.0. The van der Waals surface area contributed by atoms with Gasteiger partial charge in [0.05, 0.1) is 18.2 Å². The van der Waals surface area contributed by atoms with Crippen LogP contribution in [0.2, 0.25) is 5.02 Å². The summed E-state index contributed by atoms with van der Waals surface area (Å²) in [6, 6.07) is 6.09. The fourth-order valence-electron chi connectivity index (χ4n) is 3.42. The summed E-state index contributed by atoms with van der Waals surface area (Å²) >= 11 is 5.99. The van der Waals surface area contributed by atoms with Crippen LogP contribution in [0.25, 0.3) is 0 Å². The summed E-state index contributed by atoms with van der Waals surface area (Å²) in [5, 5.41) is 2.97. The second-order valence-electron chi connectivity index (χ2n) is 7.06. The first-order valence-electron chi connectivity index (χ1n) is 9.55. The van der Waals surface area contributed by atoms with E-state index in [-0.39, 0.29) is 17.2 Å². The number of rotatable bonds is 4. The lowest BCUT2D eigenvalue weighted by atomic mass is 10.1. The van der Waals surface area contributed by atoms with Crippen LogP contribution in [0.5, 0.6) is 5.75 Å². The Balaban J connectivity index is 1.90. The van der Waals surface area contributed by atoms with Crippen molar-refractivity contribution in [3.63, 3.8) is 0 Å². The van der Waals surface area contributed by atoms with Crippen LogP contribution in [-0.4, -0.2) is 41.5 Å². The number of aromatic nitrogens is 1. The van der Waals surface area contributed by atoms with Crippen molar-refractivity contribution in [1.82, 2.24) is 9.47 Å². The fourth-order valence-corrected chi connectivity index (χ4v) is 3.59. The molecule has 2 amide bonds. The Bertz CT molecular complexity index is 978. The van der Waals surface area contributed by atoms with Crippen molar-refractivity contribution in [2.24, 2.45) is 7.05 Å². The number of hydrogen-bond donors (Lipinski definition) is 1. The van der Waals surface area contributed by atoms with E-state index in [1.54, 1.807) is 24.1 Å². The van der Waals surface area contributed by atoms with Crippen LogP contribution >= 0.6 is 11.6 Å². The zero-order valence-corrected chi connectivity index (χ0v) is 17.3. The molecule has 0 aliphatic carbocycles. The summed E-state index contributed by atoms with van der Waals surface area (Å²) in [6.45, 7) is 1.39. The van der Waals surface area contributed by atoms with Gasteiger partial charge in [-0.3, -0.25) is 14.4 Å². The topological polar surface area (TPSA) is 80.6 Å². The number of amides is 2. The third kappa shape index (κ3) is 4.79. The maximum Gasteiger partial charge on any atom is 0.274 e. The molecule has 0 unspecified atom stereocenters. The monoisotopic (exact) mass is 417 g/mol. The van der Waals surface area contributed by atoms with Gasteiger partial charge in [0.25, 0.3) is 17.4 Å². The molecule has 1 aromatic heterocycles. The standard InChI is InChI=1S/C21H24ClN3O4/c1-24-13-14(20(27)25-9-5-3-4-6-10-25)11-17(21(24)28)23-19(26)16-12-15(22)7-8-18(16)29-2/h7-8,11-13H,3-6,9-10H2,1-2H3,(H,23,26).